The summed E-state index contributed by atoms with van der Waals surface area (Å²) in [5.41, 5.74) is 1.86. The molecule has 1 aromatic heterocycles. The number of aliphatic hydroxyl groups excluding tert-OH is 1. The first-order valence-corrected chi connectivity index (χ1v) is 6.80. The van der Waals surface area contributed by atoms with Gasteiger partial charge in [-0.05, 0) is 25.1 Å². The van der Waals surface area contributed by atoms with Gasteiger partial charge in [-0.25, -0.2) is 0 Å². The van der Waals surface area contributed by atoms with Gasteiger partial charge in [0.15, 0.2) is 0 Å². The van der Waals surface area contributed by atoms with E-state index in [0.717, 1.165) is 5.56 Å². The van der Waals surface area contributed by atoms with E-state index in [1.807, 2.05) is 31.2 Å². The smallest absolute Gasteiger partial charge is 0.271 e. The largest absolute Gasteiger partial charge is 0.496 e. The molecular weight excluding hydrogens is 270 g/mol. The highest BCUT2D eigenvalue weighted by Gasteiger charge is 2.17. The summed E-state index contributed by atoms with van der Waals surface area (Å²) in [6.45, 7) is 2.64. The fourth-order valence-electron chi connectivity index (χ4n) is 2.12. The lowest BCUT2D eigenvalue weighted by molar-refractivity contribution is 0.0726. The third kappa shape index (κ3) is 3.22. The van der Waals surface area contributed by atoms with Crippen molar-refractivity contribution >= 4 is 5.91 Å². The Morgan fingerprint density at radius 3 is 2.86 bits per heavy atom. The maximum atomic E-state index is 12.3. The Morgan fingerprint density at radius 2 is 2.19 bits per heavy atom. The number of carbonyl (C=O) groups excluding carboxylic acids is 1. The van der Waals surface area contributed by atoms with E-state index >= 15 is 0 Å². The number of rotatable bonds is 6. The van der Waals surface area contributed by atoms with Crippen LogP contribution in [-0.4, -0.2) is 52.9 Å². The van der Waals surface area contributed by atoms with Crippen LogP contribution in [0.1, 0.15) is 17.4 Å². The van der Waals surface area contributed by atoms with Crippen LogP contribution >= 0.6 is 0 Å². The van der Waals surface area contributed by atoms with Crippen LogP contribution in [-0.2, 0) is 0 Å². The summed E-state index contributed by atoms with van der Waals surface area (Å²) in [6.07, 6.45) is 0. The van der Waals surface area contributed by atoms with Gasteiger partial charge in [-0.1, -0.05) is 12.1 Å². The number of ether oxygens (including phenoxy) is 1. The minimum atomic E-state index is -0.180. The van der Waals surface area contributed by atoms with Crippen LogP contribution in [0.15, 0.2) is 30.3 Å². The molecule has 1 amide bonds. The normalized spacial score (nSPS) is 10.4. The van der Waals surface area contributed by atoms with Gasteiger partial charge in [-0.3, -0.25) is 9.89 Å². The van der Waals surface area contributed by atoms with Crippen molar-refractivity contribution in [2.45, 2.75) is 6.92 Å². The Bertz CT molecular complexity index is 610. The number of para-hydroxylation sites is 1. The molecule has 0 fully saturated rings. The van der Waals surface area contributed by atoms with E-state index in [0.29, 0.717) is 30.2 Å². The molecule has 6 heteroatoms. The summed E-state index contributed by atoms with van der Waals surface area (Å²) < 4.78 is 5.29. The molecule has 0 saturated carbocycles. The van der Waals surface area contributed by atoms with Gasteiger partial charge < -0.3 is 14.7 Å². The van der Waals surface area contributed by atoms with Crippen molar-refractivity contribution in [3.63, 3.8) is 0 Å². The number of benzene rings is 1. The number of aromatic nitrogens is 2. The van der Waals surface area contributed by atoms with Crippen molar-refractivity contribution in [2.24, 2.45) is 0 Å². The standard InChI is InChI=1S/C15H19N3O3/c1-3-18(8-9-19)15(20)13-10-12(16-17-13)11-6-4-5-7-14(11)21-2/h4-7,10,19H,3,8-9H2,1-2H3,(H,16,17). The van der Waals surface area contributed by atoms with E-state index in [1.54, 1.807) is 18.1 Å². The maximum absolute atomic E-state index is 12.3. The van der Waals surface area contributed by atoms with Gasteiger partial charge in [0.05, 0.1) is 19.4 Å². The number of nitrogens with one attached hydrogen (secondary N) is 1. The van der Waals surface area contributed by atoms with Crippen LogP contribution in [0.25, 0.3) is 11.3 Å². The molecule has 112 valence electrons. The molecule has 0 aliphatic carbocycles. The Balaban J connectivity index is 2.27. The second-order valence-corrected chi connectivity index (χ2v) is 4.48. The lowest BCUT2D eigenvalue weighted by Crippen LogP contribution is -2.33. The number of nitrogens with zero attached hydrogens (tertiary/aromatic N) is 2. The molecule has 0 aliphatic heterocycles. The molecular formula is C15H19N3O3. The number of amides is 1. The zero-order valence-electron chi connectivity index (χ0n) is 12.2. The molecule has 0 bridgehead atoms. The summed E-state index contributed by atoms with van der Waals surface area (Å²) in [5.74, 6) is 0.519. The zero-order chi connectivity index (χ0) is 15.2. The van der Waals surface area contributed by atoms with Gasteiger partial charge in [0.2, 0.25) is 0 Å². The first kappa shape index (κ1) is 15.1. The third-order valence-electron chi connectivity index (χ3n) is 3.23. The second-order valence-electron chi connectivity index (χ2n) is 4.48. The van der Waals surface area contributed by atoms with Crippen molar-refractivity contribution in [3.8, 4) is 17.0 Å². The lowest BCUT2D eigenvalue weighted by atomic mass is 10.1. The van der Waals surface area contributed by atoms with Gasteiger partial charge in [0, 0.05) is 18.7 Å². The summed E-state index contributed by atoms with van der Waals surface area (Å²) in [5, 5.41) is 15.9. The number of aliphatic hydroxyl groups is 1. The maximum Gasteiger partial charge on any atom is 0.271 e. The fourth-order valence-corrected chi connectivity index (χ4v) is 2.12. The van der Waals surface area contributed by atoms with Crippen molar-refractivity contribution in [3.05, 3.63) is 36.0 Å². The van der Waals surface area contributed by atoms with Gasteiger partial charge >= 0.3 is 0 Å². The van der Waals surface area contributed by atoms with Crippen LogP contribution in [0.4, 0.5) is 0 Å². The highest BCUT2D eigenvalue weighted by Crippen LogP contribution is 2.28. The van der Waals surface area contributed by atoms with E-state index in [1.165, 1.54) is 0 Å². The highest BCUT2D eigenvalue weighted by molar-refractivity contribution is 5.93. The summed E-state index contributed by atoms with van der Waals surface area (Å²) in [7, 11) is 1.59. The molecule has 0 radical (unpaired) electrons. The summed E-state index contributed by atoms with van der Waals surface area (Å²) >= 11 is 0. The Morgan fingerprint density at radius 1 is 1.43 bits per heavy atom. The highest BCUT2D eigenvalue weighted by atomic mass is 16.5. The van der Waals surface area contributed by atoms with Crippen molar-refractivity contribution in [2.75, 3.05) is 26.8 Å². The number of aromatic amines is 1. The minimum Gasteiger partial charge on any atom is -0.496 e. The van der Waals surface area contributed by atoms with Crippen LogP contribution < -0.4 is 4.74 Å². The molecule has 0 unspecified atom stereocenters. The van der Waals surface area contributed by atoms with E-state index in [9.17, 15) is 4.79 Å². The van der Waals surface area contributed by atoms with E-state index in [4.69, 9.17) is 9.84 Å². The molecule has 2 rings (SSSR count). The van der Waals surface area contributed by atoms with Crippen LogP contribution in [0.3, 0.4) is 0 Å². The van der Waals surface area contributed by atoms with Crippen molar-refractivity contribution < 1.29 is 14.6 Å². The van der Waals surface area contributed by atoms with E-state index < -0.39 is 0 Å². The van der Waals surface area contributed by atoms with E-state index in [2.05, 4.69) is 10.2 Å². The average molecular weight is 289 g/mol. The zero-order valence-corrected chi connectivity index (χ0v) is 12.2. The van der Waals surface area contributed by atoms with Crippen molar-refractivity contribution in [1.29, 1.82) is 0 Å². The van der Waals surface area contributed by atoms with Gasteiger partial charge in [-0.2, -0.15) is 5.10 Å². The minimum absolute atomic E-state index is 0.0624. The van der Waals surface area contributed by atoms with Crippen LogP contribution in [0.2, 0.25) is 0 Å². The van der Waals surface area contributed by atoms with Gasteiger partial charge in [0.1, 0.15) is 11.4 Å². The fraction of sp³-hybridized carbons (Fsp3) is 0.333. The topological polar surface area (TPSA) is 78.4 Å². The molecule has 6 nitrogen and oxygen atoms in total. The third-order valence-corrected chi connectivity index (χ3v) is 3.23. The Labute approximate surface area is 123 Å². The van der Waals surface area contributed by atoms with Crippen LogP contribution in [0.5, 0.6) is 5.75 Å². The van der Waals surface area contributed by atoms with Crippen LogP contribution in [0, 0.1) is 0 Å². The predicted octanol–water partition coefficient (Wildman–Crippen LogP) is 1.54. The molecule has 1 heterocycles. The second kappa shape index (κ2) is 6.90. The predicted molar refractivity (Wildman–Crippen MR) is 79.2 cm³/mol. The quantitative estimate of drug-likeness (QED) is 0.845. The molecule has 21 heavy (non-hydrogen) atoms. The number of methoxy groups -OCH3 is 1. The van der Waals surface area contributed by atoms with E-state index in [-0.39, 0.29) is 12.5 Å². The number of hydrogen-bond donors (Lipinski definition) is 2. The Hall–Kier alpha value is -2.34. The molecule has 0 saturated heterocycles. The molecule has 2 aromatic rings. The molecule has 1 aromatic carbocycles. The molecule has 2 N–H and O–H groups in total. The summed E-state index contributed by atoms with van der Waals surface area (Å²) in [4.78, 5) is 13.8. The average Bonchev–Trinajstić information content (AvgIpc) is 3.01. The first-order valence-electron chi connectivity index (χ1n) is 6.80. The van der Waals surface area contributed by atoms with Crippen molar-refractivity contribution in [1.82, 2.24) is 15.1 Å². The molecule has 0 spiro atoms. The first-order chi connectivity index (χ1) is 10.2. The number of hydrogen-bond acceptors (Lipinski definition) is 4. The SMILES string of the molecule is CCN(CCO)C(=O)c1cc(-c2ccccc2OC)n[nH]1. The van der Waals surface area contributed by atoms with Gasteiger partial charge in [-0.15, -0.1) is 0 Å². The molecule has 0 aliphatic rings. The lowest BCUT2D eigenvalue weighted by Gasteiger charge is -2.18. The Kier molecular flexibility index (Phi) is 4.94. The number of likely N-dealkylation sites (N-methyl/N-ethyl adjacent to an activating group) is 1. The molecule has 0 atom stereocenters. The monoisotopic (exact) mass is 289 g/mol. The number of H-pyrrole nitrogens is 1. The summed E-state index contributed by atoms with van der Waals surface area (Å²) in [6, 6.07) is 9.18. The number of carbonyl (C=O) groups is 1. The van der Waals surface area contributed by atoms with Gasteiger partial charge in [0.25, 0.3) is 5.91 Å².